The minimum atomic E-state index is -4.17. The number of rotatable bonds is 6. The smallest absolute Gasteiger partial charge is 0.324 e. The Morgan fingerprint density at radius 3 is 2.74 bits per heavy atom. The van der Waals surface area contributed by atoms with E-state index in [9.17, 15) is 9.36 Å². The summed E-state index contributed by atoms with van der Waals surface area (Å²) in [4.78, 5) is 38.0. The van der Waals surface area contributed by atoms with Crippen LogP contribution in [0.3, 0.4) is 0 Å². The molecular weight excluding hydrogens is 365 g/mol. The maximum atomic E-state index is 13.0. The predicted molar refractivity (Wildman–Crippen MR) is 106 cm³/mol. The molecule has 1 aliphatic rings. The highest BCUT2D eigenvalue weighted by atomic mass is 31.2. The Balaban J connectivity index is 1.89. The number of likely N-dealkylation sites (tertiary alicyclic amines) is 1. The molecule has 1 aromatic heterocycles. The number of aryl methyl sites for hydroxylation is 2. The molecule has 7 nitrogen and oxygen atoms in total. The highest BCUT2D eigenvalue weighted by Crippen LogP contribution is 2.34. The van der Waals surface area contributed by atoms with Gasteiger partial charge in [0.15, 0.2) is 0 Å². The van der Waals surface area contributed by atoms with Crippen LogP contribution in [0.15, 0.2) is 29.1 Å². The van der Waals surface area contributed by atoms with Crippen LogP contribution in [-0.4, -0.2) is 49.5 Å². The lowest BCUT2D eigenvalue weighted by molar-refractivity contribution is 0.116. The maximum absolute atomic E-state index is 13.0. The quantitative estimate of drug-likeness (QED) is 0.732. The molecule has 0 unspecified atom stereocenters. The van der Waals surface area contributed by atoms with Crippen molar-refractivity contribution in [3.05, 3.63) is 40.3 Å². The summed E-state index contributed by atoms with van der Waals surface area (Å²) in [7, 11) is -2.03. The van der Waals surface area contributed by atoms with Gasteiger partial charge in [0.2, 0.25) is 0 Å². The van der Waals surface area contributed by atoms with Crippen molar-refractivity contribution in [3.8, 4) is 0 Å². The largest absolute Gasteiger partial charge is 0.325 e. The summed E-state index contributed by atoms with van der Waals surface area (Å²) in [5.41, 5.74) is 1.44. The van der Waals surface area contributed by atoms with E-state index in [4.69, 9.17) is 9.79 Å². The van der Waals surface area contributed by atoms with Crippen LogP contribution in [0.25, 0.3) is 11.0 Å². The van der Waals surface area contributed by atoms with E-state index in [1.807, 2.05) is 24.3 Å². The van der Waals surface area contributed by atoms with Gasteiger partial charge in [-0.05, 0) is 45.4 Å². The molecule has 1 aliphatic heterocycles. The van der Waals surface area contributed by atoms with E-state index in [1.165, 1.54) is 12.8 Å². The molecule has 1 fully saturated rings. The first-order valence-corrected chi connectivity index (χ1v) is 11.3. The molecule has 0 spiro atoms. The molecular formula is C19H28N3O4P. The van der Waals surface area contributed by atoms with Crippen LogP contribution in [0, 0.1) is 0 Å². The molecule has 148 valence electrons. The molecule has 0 bridgehead atoms. The van der Waals surface area contributed by atoms with Crippen molar-refractivity contribution in [1.29, 1.82) is 0 Å². The molecule has 0 saturated carbocycles. The summed E-state index contributed by atoms with van der Waals surface area (Å²) in [5.74, 6) is 0. The van der Waals surface area contributed by atoms with E-state index >= 15 is 0 Å². The van der Waals surface area contributed by atoms with Crippen molar-refractivity contribution >= 4 is 18.6 Å². The van der Waals surface area contributed by atoms with E-state index in [-0.39, 0.29) is 23.8 Å². The van der Waals surface area contributed by atoms with Gasteiger partial charge in [0.25, 0.3) is 5.56 Å². The van der Waals surface area contributed by atoms with Gasteiger partial charge in [-0.2, -0.15) is 0 Å². The Kier molecular flexibility index (Phi) is 6.16. The third-order valence-electron chi connectivity index (χ3n) is 5.68. The normalized spacial score (nSPS) is 21.6. The standard InChI is InChI=1S/C19H28N3O4P/c1-14-6-5-7-15(21(14)2)10-12-22-18-9-4-3-8-16(18)20-17(19(22)23)11-13-27(24,25)26/h3-4,8-9,14-15H,5-7,10-13H2,1-2H3,(H2,24,25,26)/t14-,15-/m0/s1. The first kappa shape index (κ1) is 20.2. The first-order chi connectivity index (χ1) is 12.8. The van der Waals surface area contributed by atoms with Gasteiger partial charge in [0, 0.05) is 25.0 Å². The molecule has 2 N–H and O–H groups in total. The Labute approximate surface area is 159 Å². The summed E-state index contributed by atoms with van der Waals surface area (Å²) >= 11 is 0. The number of aromatic nitrogens is 2. The van der Waals surface area contributed by atoms with Crippen molar-refractivity contribution in [2.75, 3.05) is 13.2 Å². The molecule has 2 heterocycles. The van der Waals surface area contributed by atoms with Gasteiger partial charge < -0.3 is 19.3 Å². The van der Waals surface area contributed by atoms with Gasteiger partial charge in [-0.1, -0.05) is 18.6 Å². The Bertz CT molecular complexity index is 907. The lowest BCUT2D eigenvalue weighted by atomic mass is 9.95. The van der Waals surface area contributed by atoms with Crippen molar-refractivity contribution in [2.45, 2.75) is 57.7 Å². The topological polar surface area (TPSA) is 95.7 Å². The molecule has 1 aromatic carbocycles. The van der Waals surface area contributed by atoms with Crippen molar-refractivity contribution in [3.63, 3.8) is 0 Å². The zero-order valence-electron chi connectivity index (χ0n) is 15.9. The predicted octanol–water partition coefficient (Wildman–Crippen LogP) is 2.38. The second kappa shape index (κ2) is 8.23. The van der Waals surface area contributed by atoms with E-state index in [0.717, 1.165) is 18.4 Å². The van der Waals surface area contributed by atoms with Crippen LogP contribution in [0.2, 0.25) is 0 Å². The highest BCUT2D eigenvalue weighted by molar-refractivity contribution is 7.51. The number of benzene rings is 1. The molecule has 1 saturated heterocycles. The number of piperidine rings is 1. The van der Waals surface area contributed by atoms with Gasteiger partial charge in [-0.15, -0.1) is 0 Å². The number of hydrogen-bond donors (Lipinski definition) is 2. The molecule has 2 aromatic rings. The molecule has 27 heavy (non-hydrogen) atoms. The first-order valence-electron chi connectivity index (χ1n) is 9.51. The third-order valence-corrected chi connectivity index (χ3v) is 6.48. The molecule has 8 heteroatoms. The van der Waals surface area contributed by atoms with Gasteiger partial charge >= 0.3 is 7.60 Å². The van der Waals surface area contributed by atoms with Crippen LogP contribution in [-0.2, 0) is 17.5 Å². The summed E-state index contributed by atoms with van der Waals surface area (Å²) in [6.07, 6.45) is 4.02. The summed E-state index contributed by atoms with van der Waals surface area (Å²) in [6, 6.07) is 8.43. The molecule has 3 rings (SSSR count). The number of nitrogens with zero attached hydrogens (tertiary/aromatic N) is 3. The van der Waals surface area contributed by atoms with Crippen LogP contribution in [0.1, 0.15) is 38.3 Å². The SMILES string of the molecule is C[C@H]1CCC[C@@H](CCn2c(=O)c(CCP(=O)(O)O)nc3ccccc32)N1C. The maximum Gasteiger partial charge on any atom is 0.325 e. The number of hydrogen-bond acceptors (Lipinski definition) is 4. The number of para-hydroxylation sites is 2. The van der Waals surface area contributed by atoms with E-state index in [2.05, 4.69) is 23.9 Å². The van der Waals surface area contributed by atoms with Crippen LogP contribution in [0.4, 0.5) is 0 Å². The molecule has 0 amide bonds. The second-order valence-electron chi connectivity index (χ2n) is 7.53. The van der Waals surface area contributed by atoms with E-state index in [1.54, 1.807) is 4.57 Å². The summed E-state index contributed by atoms with van der Waals surface area (Å²) in [5, 5.41) is 0. The average molecular weight is 393 g/mol. The van der Waals surface area contributed by atoms with Gasteiger partial charge in [-0.25, -0.2) is 4.98 Å². The fourth-order valence-corrected chi connectivity index (χ4v) is 4.43. The van der Waals surface area contributed by atoms with Crippen molar-refractivity contribution in [1.82, 2.24) is 14.5 Å². The van der Waals surface area contributed by atoms with Crippen molar-refractivity contribution in [2.24, 2.45) is 0 Å². The van der Waals surface area contributed by atoms with Crippen LogP contribution < -0.4 is 5.56 Å². The van der Waals surface area contributed by atoms with E-state index < -0.39 is 7.60 Å². The van der Waals surface area contributed by atoms with Gasteiger partial charge in [0.05, 0.1) is 17.2 Å². The number of fused-ring (bicyclic) bond motifs is 1. The molecule has 2 atom stereocenters. The van der Waals surface area contributed by atoms with Crippen molar-refractivity contribution < 1.29 is 14.4 Å². The Morgan fingerprint density at radius 1 is 1.26 bits per heavy atom. The summed E-state index contributed by atoms with van der Waals surface area (Å²) < 4.78 is 12.9. The Hall–Kier alpha value is -1.53. The monoisotopic (exact) mass is 393 g/mol. The molecule has 0 radical (unpaired) electrons. The zero-order chi connectivity index (χ0) is 19.6. The Morgan fingerprint density at radius 2 is 2.00 bits per heavy atom. The fourth-order valence-electron chi connectivity index (χ4n) is 3.92. The third kappa shape index (κ3) is 4.85. The second-order valence-corrected chi connectivity index (χ2v) is 9.31. The van der Waals surface area contributed by atoms with Gasteiger partial charge in [-0.3, -0.25) is 9.36 Å². The van der Waals surface area contributed by atoms with Crippen LogP contribution in [0.5, 0.6) is 0 Å². The zero-order valence-corrected chi connectivity index (χ0v) is 16.8. The molecule has 0 aliphatic carbocycles. The lowest BCUT2D eigenvalue weighted by Gasteiger charge is -2.38. The minimum absolute atomic E-state index is 0.0195. The van der Waals surface area contributed by atoms with E-state index in [0.29, 0.717) is 24.1 Å². The average Bonchev–Trinajstić information content (AvgIpc) is 2.62. The lowest BCUT2D eigenvalue weighted by Crippen LogP contribution is -2.43. The fraction of sp³-hybridized carbons (Fsp3) is 0.579. The summed E-state index contributed by atoms with van der Waals surface area (Å²) in [6.45, 7) is 2.81. The van der Waals surface area contributed by atoms with Gasteiger partial charge in [0.1, 0.15) is 5.69 Å². The highest BCUT2D eigenvalue weighted by Gasteiger charge is 2.25. The minimum Gasteiger partial charge on any atom is -0.324 e. The van der Waals surface area contributed by atoms with Crippen LogP contribution >= 0.6 is 7.60 Å².